The van der Waals surface area contributed by atoms with E-state index in [0.29, 0.717) is 13.0 Å². The van der Waals surface area contributed by atoms with Crippen molar-refractivity contribution >= 4 is 21.8 Å². The molecule has 2 unspecified atom stereocenters. The lowest BCUT2D eigenvalue weighted by Gasteiger charge is -2.28. The van der Waals surface area contributed by atoms with Gasteiger partial charge in [-0.15, -0.1) is 0 Å². The van der Waals surface area contributed by atoms with E-state index in [1.165, 1.54) is 0 Å². The third-order valence-corrected chi connectivity index (χ3v) is 5.30. The molecule has 2 amide bonds. The minimum absolute atomic E-state index is 0.0372. The number of likely N-dealkylation sites (tertiary alicyclic amines) is 1. The Morgan fingerprint density at radius 3 is 2.26 bits per heavy atom. The molecule has 0 bridgehead atoms. The van der Waals surface area contributed by atoms with Crippen molar-refractivity contribution in [3.8, 4) is 0 Å². The smallest absolute Gasteiger partial charge is 0.235 e. The summed E-state index contributed by atoms with van der Waals surface area (Å²) in [4.78, 5) is 26.7. The van der Waals surface area contributed by atoms with Crippen molar-refractivity contribution in [1.82, 2.24) is 9.62 Å². The van der Waals surface area contributed by atoms with Gasteiger partial charge in [-0.25, -0.2) is 8.42 Å². The molecule has 2 atom stereocenters. The Hall–Kier alpha value is -2.67. The van der Waals surface area contributed by atoms with Crippen LogP contribution >= 0.6 is 0 Å². The van der Waals surface area contributed by atoms with Crippen LogP contribution in [0.1, 0.15) is 29.9 Å². The van der Waals surface area contributed by atoms with E-state index in [9.17, 15) is 18.0 Å². The van der Waals surface area contributed by atoms with Crippen LogP contribution in [0.15, 0.2) is 60.7 Å². The summed E-state index contributed by atoms with van der Waals surface area (Å²) in [5.41, 5.74) is 1.94. The van der Waals surface area contributed by atoms with Crippen molar-refractivity contribution in [3.63, 3.8) is 0 Å². The van der Waals surface area contributed by atoms with E-state index in [0.717, 1.165) is 17.4 Å². The number of carbonyl (C=O) groups excluding carboxylic acids is 2. The van der Waals surface area contributed by atoms with Crippen molar-refractivity contribution < 1.29 is 18.0 Å². The number of hydrogen-bond donors (Lipinski definition) is 1. The topological polar surface area (TPSA) is 83.5 Å². The molecule has 3 rings (SSSR count). The summed E-state index contributed by atoms with van der Waals surface area (Å²) in [6.45, 7) is 0.389. The van der Waals surface area contributed by atoms with Gasteiger partial charge in [0.25, 0.3) is 0 Å². The van der Waals surface area contributed by atoms with Crippen molar-refractivity contribution in [2.45, 2.75) is 31.3 Å². The molecule has 6 nitrogen and oxygen atoms in total. The van der Waals surface area contributed by atoms with Crippen LogP contribution in [0.5, 0.6) is 0 Å². The van der Waals surface area contributed by atoms with Gasteiger partial charge in [-0.3, -0.25) is 14.3 Å². The lowest BCUT2D eigenvalue weighted by atomic mass is 9.89. The predicted octanol–water partition coefficient (Wildman–Crippen LogP) is 2.04. The highest BCUT2D eigenvalue weighted by molar-refractivity contribution is 7.89. The van der Waals surface area contributed by atoms with Gasteiger partial charge in [0, 0.05) is 31.3 Å². The average Bonchev–Trinajstić information content (AvgIpc) is 2.91. The Morgan fingerprint density at radius 1 is 1.07 bits per heavy atom. The number of carbonyl (C=O) groups is 2. The zero-order valence-electron chi connectivity index (χ0n) is 15.0. The molecule has 1 N–H and O–H groups in total. The second-order valence-electron chi connectivity index (χ2n) is 6.80. The summed E-state index contributed by atoms with van der Waals surface area (Å²) >= 11 is 0. The van der Waals surface area contributed by atoms with E-state index in [2.05, 4.69) is 0 Å². The lowest BCUT2D eigenvalue weighted by Crippen LogP contribution is -2.40. The fourth-order valence-corrected chi connectivity index (χ4v) is 4.06. The molecule has 1 aliphatic rings. The molecule has 1 heterocycles. The molecule has 27 heavy (non-hydrogen) atoms. The van der Waals surface area contributed by atoms with Gasteiger partial charge in [0.15, 0.2) is 0 Å². The second kappa shape index (κ2) is 7.92. The van der Waals surface area contributed by atoms with Crippen molar-refractivity contribution in [2.75, 3.05) is 6.26 Å². The highest BCUT2D eigenvalue weighted by Gasteiger charge is 2.41. The van der Waals surface area contributed by atoms with E-state index < -0.39 is 22.0 Å². The zero-order chi connectivity index (χ0) is 19.4. The van der Waals surface area contributed by atoms with Crippen LogP contribution in [0.2, 0.25) is 0 Å². The van der Waals surface area contributed by atoms with Crippen LogP contribution < -0.4 is 4.72 Å². The van der Waals surface area contributed by atoms with Crippen LogP contribution in [0.25, 0.3) is 0 Å². The van der Waals surface area contributed by atoms with Gasteiger partial charge in [0.1, 0.15) is 0 Å². The van der Waals surface area contributed by atoms with E-state index in [4.69, 9.17) is 0 Å². The monoisotopic (exact) mass is 386 g/mol. The number of nitrogens with zero attached hydrogens (tertiary/aromatic N) is 1. The maximum atomic E-state index is 12.7. The van der Waals surface area contributed by atoms with Crippen molar-refractivity contribution in [1.29, 1.82) is 0 Å². The summed E-state index contributed by atoms with van der Waals surface area (Å²) in [7, 11) is -3.64. The Balaban J connectivity index is 1.88. The first kappa shape index (κ1) is 19.1. The Labute approximate surface area is 159 Å². The van der Waals surface area contributed by atoms with Crippen LogP contribution in [0.3, 0.4) is 0 Å². The summed E-state index contributed by atoms with van der Waals surface area (Å²) in [6.07, 6.45) is 1.18. The maximum absolute atomic E-state index is 12.7. The van der Waals surface area contributed by atoms with Gasteiger partial charge in [-0.2, -0.15) is 0 Å². The fourth-order valence-electron chi connectivity index (χ4n) is 3.56. The summed E-state index contributed by atoms with van der Waals surface area (Å²) in [6, 6.07) is 18.7. The molecular weight excluding hydrogens is 364 g/mol. The molecule has 1 fully saturated rings. The van der Waals surface area contributed by atoms with Crippen molar-refractivity contribution in [2.24, 2.45) is 0 Å². The molecule has 1 aliphatic heterocycles. The van der Waals surface area contributed by atoms with Crippen LogP contribution in [-0.4, -0.2) is 37.4 Å². The van der Waals surface area contributed by atoms with Gasteiger partial charge in [0.2, 0.25) is 21.8 Å². The largest absolute Gasteiger partial charge is 0.334 e. The van der Waals surface area contributed by atoms with Crippen LogP contribution in [0.4, 0.5) is 0 Å². The number of nitrogens with one attached hydrogen (secondary N) is 1. The first-order valence-corrected chi connectivity index (χ1v) is 10.6. The third-order valence-electron chi connectivity index (χ3n) is 4.70. The van der Waals surface area contributed by atoms with E-state index >= 15 is 0 Å². The standard InChI is InChI=1S/C20H22N2O4S/c1-27(25,26)21-19(23)13-18-17(16-10-6-3-7-11-16)12-20(24)22(18)14-15-8-4-2-5-9-15/h2-11,17-18H,12-14H2,1H3,(H,21,23). The highest BCUT2D eigenvalue weighted by Crippen LogP contribution is 2.37. The zero-order valence-corrected chi connectivity index (χ0v) is 15.9. The number of amides is 2. The average molecular weight is 386 g/mol. The molecule has 2 aromatic rings. The Morgan fingerprint density at radius 2 is 1.67 bits per heavy atom. The third kappa shape index (κ3) is 4.95. The maximum Gasteiger partial charge on any atom is 0.235 e. The summed E-state index contributed by atoms with van der Waals surface area (Å²) in [5, 5.41) is 0. The minimum Gasteiger partial charge on any atom is -0.334 e. The molecule has 0 aromatic heterocycles. The second-order valence-corrected chi connectivity index (χ2v) is 8.55. The Kier molecular flexibility index (Phi) is 5.60. The molecule has 2 aromatic carbocycles. The summed E-state index contributed by atoms with van der Waals surface area (Å²) in [5.74, 6) is -0.797. The van der Waals surface area contributed by atoms with Crippen LogP contribution in [-0.2, 0) is 26.2 Å². The first-order chi connectivity index (χ1) is 12.8. The Bertz CT molecular complexity index is 914. The van der Waals surface area contributed by atoms with Gasteiger partial charge in [-0.1, -0.05) is 60.7 Å². The predicted molar refractivity (Wildman–Crippen MR) is 102 cm³/mol. The fraction of sp³-hybridized carbons (Fsp3) is 0.300. The molecular formula is C20H22N2O4S. The molecule has 0 saturated carbocycles. The number of hydrogen-bond acceptors (Lipinski definition) is 4. The van der Waals surface area contributed by atoms with Crippen LogP contribution in [0, 0.1) is 0 Å². The number of sulfonamides is 1. The van der Waals surface area contributed by atoms with E-state index in [1.54, 1.807) is 4.90 Å². The minimum atomic E-state index is -3.64. The molecule has 0 radical (unpaired) electrons. The molecule has 7 heteroatoms. The molecule has 0 spiro atoms. The highest BCUT2D eigenvalue weighted by atomic mass is 32.2. The van der Waals surface area contributed by atoms with Gasteiger partial charge in [0.05, 0.1) is 6.26 Å². The lowest BCUT2D eigenvalue weighted by molar-refractivity contribution is -0.130. The van der Waals surface area contributed by atoms with Gasteiger partial charge < -0.3 is 4.90 Å². The van der Waals surface area contributed by atoms with Gasteiger partial charge >= 0.3 is 0 Å². The van der Waals surface area contributed by atoms with Gasteiger partial charge in [-0.05, 0) is 11.1 Å². The number of benzene rings is 2. The molecule has 1 saturated heterocycles. The number of rotatable bonds is 6. The normalized spacial score (nSPS) is 19.9. The summed E-state index contributed by atoms with van der Waals surface area (Å²) < 4.78 is 24.8. The molecule has 142 valence electrons. The van der Waals surface area contributed by atoms with E-state index in [1.807, 2.05) is 65.4 Å². The quantitative estimate of drug-likeness (QED) is 0.823. The van der Waals surface area contributed by atoms with E-state index in [-0.39, 0.29) is 18.2 Å². The first-order valence-electron chi connectivity index (χ1n) is 8.72. The SMILES string of the molecule is CS(=O)(=O)NC(=O)CC1C(c2ccccc2)CC(=O)N1Cc1ccccc1. The van der Waals surface area contributed by atoms with Crippen molar-refractivity contribution in [3.05, 3.63) is 71.8 Å². The molecule has 0 aliphatic carbocycles.